The molecule has 2 amide bonds. The molecule has 0 spiro atoms. The number of halogens is 2. The Bertz CT molecular complexity index is 104. The molecule has 0 radical (unpaired) electrons. The lowest BCUT2D eigenvalue weighted by Gasteiger charge is -2.09. The summed E-state index contributed by atoms with van der Waals surface area (Å²) in [7, 11) is 0. The van der Waals surface area contributed by atoms with Gasteiger partial charge in [-0.1, -0.05) is 0 Å². The molecule has 0 aromatic heterocycles. The number of urea groups is 1. The van der Waals surface area contributed by atoms with Crippen molar-refractivity contribution in [2.45, 2.75) is 12.8 Å². The van der Waals surface area contributed by atoms with Crippen LogP contribution in [0.4, 0.5) is 4.79 Å². The molecule has 0 unspecified atom stereocenters. The van der Waals surface area contributed by atoms with E-state index < -0.39 is 0 Å². The molecule has 0 saturated carbocycles. The summed E-state index contributed by atoms with van der Waals surface area (Å²) < 4.78 is 0. The van der Waals surface area contributed by atoms with Gasteiger partial charge in [-0.05, 0) is 12.8 Å². The van der Waals surface area contributed by atoms with E-state index in [-0.39, 0.29) is 30.8 Å². The van der Waals surface area contributed by atoms with Crippen molar-refractivity contribution in [2.24, 2.45) is 5.73 Å². The van der Waals surface area contributed by atoms with Gasteiger partial charge in [0.2, 0.25) is 0 Å². The fourth-order valence-corrected chi connectivity index (χ4v) is 0.938. The maximum absolute atomic E-state index is 10.3. The molecule has 1 aliphatic rings. The highest BCUT2D eigenvalue weighted by Crippen LogP contribution is 2.05. The lowest BCUT2D eigenvalue weighted by Crippen LogP contribution is -2.32. The van der Waals surface area contributed by atoms with E-state index in [2.05, 4.69) is 0 Å². The fraction of sp³-hybridized carbons (Fsp3) is 0.800. The summed E-state index contributed by atoms with van der Waals surface area (Å²) >= 11 is 0. The van der Waals surface area contributed by atoms with E-state index in [9.17, 15) is 4.79 Å². The Morgan fingerprint density at radius 1 is 1.20 bits per heavy atom. The first-order valence-electron chi connectivity index (χ1n) is 2.85. The van der Waals surface area contributed by atoms with Gasteiger partial charge in [0.25, 0.3) is 0 Å². The van der Waals surface area contributed by atoms with Gasteiger partial charge in [-0.3, -0.25) is 0 Å². The number of nitrogens with zero attached hydrogens (tertiary/aromatic N) is 1. The monoisotopic (exact) mass is 186 g/mol. The van der Waals surface area contributed by atoms with Gasteiger partial charge in [0.1, 0.15) is 0 Å². The van der Waals surface area contributed by atoms with Gasteiger partial charge in [0.05, 0.1) is 0 Å². The molecule has 0 aliphatic carbocycles. The van der Waals surface area contributed by atoms with Gasteiger partial charge in [-0.15, -0.1) is 24.8 Å². The van der Waals surface area contributed by atoms with Crippen molar-refractivity contribution in [3.05, 3.63) is 0 Å². The Kier molecular flexibility index (Phi) is 7.04. The van der Waals surface area contributed by atoms with Crippen LogP contribution < -0.4 is 5.73 Å². The highest BCUT2D eigenvalue weighted by molar-refractivity contribution is 5.85. The van der Waals surface area contributed by atoms with Crippen LogP contribution in [-0.4, -0.2) is 24.0 Å². The van der Waals surface area contributed by atoms with Crippen molar-refractivity contribution in [3.8, 4) is 0 Å². The summed E-state index contributed by atoms with van der Waals surface area (Å²) in [6.07, 6.45) is 2.23. The average Bonchev–Trinajstić information content (AvgIpc) is 2.12. The van der Waals surface area contributed by atoms with Crippen LogP contribution in [0.25, 0.3) is 0 Å². The van der Waals surface area contributed by atoms with Crippen molar-refractivity contribution in [2.75, 3.05) is 13.1 Å². The number of carbonyl (C=O) groups is 1. The van der Waals surface area contributed by atoms with E-state index in [4.69, 9.17) is 5.73 Å². The van der Waals surface area contributed by atoms with E-state index in [1.54, 1.807) is 4.90 Å². The predicted molar refractivity (Wildman–Crippen MR) is 44.9 cm³/mol. The van der Waals surface area contributed by atoms with Crippen LogP contribution in [0.3, 0.4) is 0 Å². The summed E-state index contributed by atoms with van der Waals surface area (Å²) in [6.45, 7) is 1.71. The van der Waals surface area contributed by atoms with Crippen LogP contribution in [-0.2, 0) is 0 Å². The number of carbonyl (C=O) groups excluding carboxylic acids is 1. The molecule has 1 saturated heterocycles. The number of primary amides is 1. The first kappa shape index (κ1) is 12.5. The van der Waals surface area contributed by atoms with Gasteiger partial charge < -0.3 is 10.6 Å². The zero-order valence-electron chi connectivity index (χ0n) is 5.58. The Balaban J connectivity index is 0. The van der Waals surface area contributed by atoms with Crippen LogP contribution in [0.2, 0.25) is 0 Å². The van der Waals surface area contributed by atoms with E-state index in [1.165, 1.54) is 0 Å². The van der Waals surface area contributed by atoms with E-state index >= 15 is 0 Å². The first-order valence-corrected chi connectivity index (χ1v) is 2.85. The standard InChI is InChI=1S/C5H10N2O.2ClH/c6-5(8)7-3-1-2-4-7;;/h1-4H2,(H2,6,8);2*1H. The van der Waals surface area contributed by atoms with Gasteiger partial charge in [-0.25, -0.2) is 4.79 Å². The topological polar surface area (TPSA) is 46.3 Å². The number of hydrogen-bond acceptors (Lipinski definition) is 1. The van der Waals surface area contributed by atoms with Crippen LogP contribution in [0.5, 0.6) is 0 Å². The lowest BCUT2D eigenvalue weighted by atomic mass is 10.4. The molecule has 0 bridgehead atoms. The minimum atomic E-state index is -0.275. The van der Waals surface area contributed by atoms with Crippen molar-refractivity contribution < 1.29 is 4.79 Å². The number of rotatable bonds is 0. The number of hydrogen-bond donors (Lipinski definition) is 1. The van der Waals surface area contributed by atoms with Gasteiger partial charge in [0.15, 0.2) is 0 Å². The highest BCUT2D eigenvalue weighted by atomic mass is 35.5. The molecule has 1 fully saturated rings. The van der Waals surface area contributed by atoms with Crippen LogP contribution in [0.15, 0.2) is 0 Å². The molecule has 0 atom stereocenters. The molecule has 1 rings (SSSR count). The molecule has 1 heterocycles. The SMILES string of the molecule is Cl.Cl.NC(=O)N1CCCC1. The summed E-state index contributed by atoms with van der Waals surface area (Å²) in [5, 5.41) is 0. The Hall–Kier alpha value is -0.150. The predicted octanol–water partition coefficient (Wildman–Crippen LogP) is 1.00. The highest BCUT2D eigenvalue weighted by Gasteiger charge is 2.13. The lowest BCUT2D eigenvalue weighted by molar-refractivity contribution is 0.218. The average molecular weight is 187 g/mol. The Morgan fingerprint density at radius 3 is 1.80 bits per heavy atom. The summed E-state index contributed by atoms with van der Waals surface area (Å²) in [5.74, 6) is 0. The Morgan fingerprint density at radius 2 is 1.60 bits per heavy atom. The van der Waals surface area contributed by atoms with Crippen molar-refractivity contribution in [1.29, 1.82) is 0 Å². The van der Waals surface area contributed by atoms with Crippen molar-refractivity contribution >= 4 is 30.8 Å². The third kappa shape index (κ3) is 3.13. The van der Waals surface area contributed by atoms with E-state index in [1.807, 2.05) is 0 Å². The molecule has 1 aliphatic heterocycles. The van der Waals surface area contributed by atoms with E-state index in [0.29, 0.717) is 0 Å². The second-order valence-corrected chi connectivity index (χ2v) is 2.03. The molecule has 5 heteroatoms. The molecular formula is C5H12Cl2N2O. The molecule has 62 valence electrons. The minimum absolute atomic E-state index is 0. The third-order valence-electron chi connectivity index (χ3n) is 1.42. The normalized spacial score (nSPS) is 15.4. The summed E-state index contributed by atoms with van der Waals surface area (Å²) in [5.41, 5.74) is 4.98. The Labute approximate surface area is 72.8 Å². The van der Waals surface area contributed by atoms with Gasteiger partial charge >= 0.3 is 6.03 Å². The maximum atomic E-state index is 10.3. The zero-order chi connectivity index (χ0) is 5.98. The van der Waals surface area contributed by atoms with Crippen LogP contribution in [0.1, 0.15) is 12.8 Å². The second-order valence-electron chi connectivity index (χ2n) is 2.03. The minimum Gasteiger partial charge on any atom is -0.351 e. The maximum Gasteiger partial charge on any atom is 0.314 e. The first-order chi connectivity index (χ1) is 3.80. The molecular weight excluding hydrogens is 175 g/mol. The molecule has 3 nitrogen and oxygen atoms in total. The van der Waals surface area contributed by atoms with Crippen LogP contribution >= 0.6 is 24.8 Å². The molecule has 2 N–H and O–H groups in total. The number of amides is 2. The smallest absolute Gasteiger partial charge is 0.314 e. The quantitative estimate of drug-likeness (QED) is 0.604. The molecule has 0 aromatic rings. The number of nitrogens with two attached hydrogens (primary N) is 1. The fourth-order valence-electron chi connectivity index (χ4n) is 0.938. The summed E-state index contributed by atoms with van der Waals surface area (Å²) in [6, 6.07) is -0.275. The third-order valence-corrected chi connectivity index (χ3v) is 1.42. The van der Waals surface area contributed by atoms with Crippen molar-refractivity contribution in [3.63, 3.8) is 0 Å². The van der Waals surface area contributed by atoms with Crippen LogP contribution in [0, 0.1) is 0 Å². The zero-order valence-corrected chi connectivity index (χ0v) is 7.21. The van der Waals surface area contributed by atoms with E-state index in [0.717, 1.165) is 25.9 Å². The molecule has 10 heavy (non-hydrogen) atoms. The van der Waals surface area contributed by atoms with Gasteiger partial charge in [-0.2, -0.15) is 0 Å². The van der Waals surface area contributed by atoms with Crippen molar-refractivity contribution in [1.82, 2.24) is 4.90 Å². The number of likely N-dealkylation sites (tertiary alicyclic amines) is 1. The largest absolute Gasteiger partial charge is 0.351 e. The molecule has 0 aromatic carbocycles. The summed E-state index contributed by atoms with van der Waals surface area (Å²) in [4.78, 5) is 12.0. The second kappa shape index (κ2) is 5.62. The van der Waals surface area contributed by atoms with Gasteiger partial charge in [0, 0.05) is 13.1 Å².